The minimum absolute atomic E-state index is 0.177. The summed E-state index contributed by atoms with van der Waals surface area (Å²) in [7, 11) is 0. The zero-order valence-electron chi connectivity index (χ0n) is 18.3. The molecule has 32 heavy (non-hydrogen) atoms. The molecule has 0 atom stereocenters. The van der Waals surface area contributed by atoms with Crippen LogP contribution in [0.2, 0.25) is 0 Å². The van der Waals surface area contributed by atoms with Crippen LogP contribution >= 0.6 is 0 Å². The Balaban J connectivity index is 1.70. The highest BCUT2D eigenvalue weighted by Crippen LogP contribution is 2.35. The Morgan fingerprint density at radius 3 is 2.47 bits per heavy atom. The van der Waals surface area contributed by atoms with Gasteiger partial charge in [-0.25, -0.2) is 13.6 Å². The number of H-pyrrole nitrogens is 1. The molecule has 166 valence electrons. The molecule has 2 N–H and O–H groups in total. The fourth-order valence-corrected chi connectivity index (χ4v) is 3.51. The Morgan fingerprint density at radius 2 is 1.84 bits per heavy atom. The molecule has 0 saturated heterocycles. The third-order valence-corrected chi connectivity index (χ3v) is 4.85. The van der Waals surface area contributed by atoms with Gasteiger partial charge in [0.25, 0.3) is 0 Å². The van der Waals surface area contributed by atoms with Gasteiger partial charge in [0.1, 0.15) is 22.8 Å². The minimum atomic E-state index is -0.575. The largest absolute Gasteiger partial charge is 0.444 e. The van der Waals surface area contributed by atoms with Gasteiger partial charge in [-0.05, 0) is 69.7 Å². The monoisotopic (exact) mass is 438 g/mol. The molecule has 4 rings (SSSR count). The number of alkyl carbamates (subject to hydrolysis) is 1. The highest BCUT2D eigenvalue weighted by atomic mass is 19.1. The van der Waals surface area contributed by atoms with Gasteiger partial charge < -0.3 is 14.6 Å². The minimum Gasteiger partial charge on any atom is -0.444 e. The van der Waals surface area contributed by atoms with E-state index in [2.05, 4.69) is 15.5 Å². The maximum atomic E-state index is 15.4. The van der Waals surface area contributed by atoms with Gasteiger partial charge in [-0.15, -0.1) is 0 Å². The van der Waals surface area contributed by atoms with Gasteiger partial charge in [-0.3, -0.25) is 5.10 Å². The summed E-state index contributed by atoms with van der Waals surface area (Å²) < 4.78 is 36.2. The zero-order valence-corrected chi connectivity index (χ0v) is 18.3. The number of aromatic nitrogens is 3. The van der Waals surface area contributed by atoms with E-state index in [-0.39, 0.29) is 17.6 Å². The number of benzene rings is 2. The molecule has 2 aromatic heterocycles. The number of carbonyl (C=O) groups is 1. The first kappa shape index (κ1) is 21.5. The predicted molar refractivity (Wildman–Crippen MR) is 119 cm³/mol. The topological polar surface area (TPSA) is 71.9 Å². The van der Waals surface area contributed by atoms with Crippen LogP contribution in [0.15, 0.2) is 48.5 Å². The van der Waals surface area contributed by atoms with E-state index in [1.54, 1.807) is 37.5 Å². The van der Waals surface area contributed by atoms with Crippen molar-refractivity contribution in [1.82, 2.24) is 20.1 Å². The van der Waals surface area contributed by atoms with Crippen molar-refractivity contribution >= 4 is 17.0 Å². The highest BCUT2D eigenvalue weighted by molar-refractivity contribution is 5.89. The van der Waals surface area contributed by atoms with Gasteiger partial charge in [0.2, 0.25) is 0 Å². The van der Waals surface area contributed by atoms with Crippen LogP contribution in [0.25, 0.3) is 28.0 Å². The lowest BCUT2D eigenvalue weighted by Crippen LogP contribution is -2.32. The molecular formula is C24H24F2N4O2. The number of hydrogen-bond acceptors (Lipinski definition) is 3. The summed E-state index contributed by atoms with van der Waals surface area (Å²) in [5, 5.41) is 9.92. The number of halogens is 2. The molecule has 0 saturated carbocycles. The first-order valence-electron chi connectivity index (χ1n) is 10.2. The molecule has 0 bridgehead atoms. The molecule has 2 heterocycles. The van der Waals surface area contributed by atoms with E-state index in [0.717, 1.165) is 11.3 Å². The number of ether oxygens (including phenoxy) is 1. The van der Waals surface area contributed by atoms with Crippen molar-refractivity contribution in [2.24, 2.45) is 0 Å². The summed E-state index contributed by atoms with van der Waals surface area (Å²) in [6, 6.07) is 13.1. The molecule has 0 spiro atoms. The van der Waals surface area contributed by atoms with Gasteiger partial charge in [0, 0.05) is 23.3 Å². The summed E-state index contributed by atoms with van der Waals surface area (Å²) >= 11 is 0. The van der Waals surface area contributed by atoms with Crippen molar-refractivity contribution in [3.63, 3.8) is 0 Å². The number of fused-ring (bicyclic) bond motifs is 1. The molecule has 6 nitrogen and oxygen atoms in total. The van der Waals surface area contributed by atoms with E-state index in [0.29, 0.717) is 16.9 Å². The van der Waals surface area contributed by atoms with Gasteiger partial charge in [0.05, 0.1) is 5.52 Å². The molecule has 0 fully saturated rings. The van der Waals surface area contributed by atoms with Crippen molar-refractivity contribution in [2.45, 2.75) is 39.8 Å². The zero-order chi connectivity index (χ0) is 23.0. The summed E-state index contributed by atoms with van der Waals surface area (Å²) in [5.41, 5.74) is 2.93. The van der Waals surface area contributed by atoms with E-state index in [9.17, 15) is 9.18 Å². The quantitative estimate of drug-likeness (QED) is 0.434. The van der Waals surface area contributed by atoms with Gasteiger partial charge in [0.15, 0.2) is 5.82 Å². The first-order chi connectivity index (χ1) is 15.1. The number of rotatable bonds is 4. The second-order valence-corrected chi connectivity index (χ2v) is 8.62. The number of aromatic amines is 1. The molecule has 0 radical (unpaired) electrons. The SMILES string of the molecule is Cc1cc(-c2c(F)c3cc(F)ccc3n2-c2ccc(CNC(=O)OC(C)(C)C)cc2)n[nH]1. The van der Waals surface area contributed by atoms with Crippen molar-refractivity contribution in [3.05, 3.63) is 71.4 Å². The molecule has 0 unspecified atom stereocenters. The number of hydrogen-bond donors (Lipinski definition) is 2. The highest BCUT2D eigenvalue weighted by Gasteiger charge is 2.22. The van der Waals surface area contributed by atoms with Crippen LogP contribution < -0.4 is 5.32 Å². The maximum absolute atomic E-state index is 15.4. The fraction of sp³-hybridized carbons (Fsp3) is 0.250. The van der Waals surface area contributed by atoms with Crippen molar-refractivity contribution < 1.29 is 18.3 Å². The summed E-state index contributed by atoms with van der Waals surface area (Å²) in [6.07, 6.45) is -0.502. The molecule has 2 aromatic carbocycles. The summed E-state index contributed by atoms with van der Waals surface area (Å²) in [4.78, 5) is 11.9. The Kier molecular flexibility index (Phi) is 5.46. The Morgan fingerprint density at radius 1 is 1.12 bits per heavy atom. The van der Waals surface area contributed by atoms with Crippen LogP contribution in [0.4, 0.5) is 13.6 Å². The Hall–Kier alpha value is -3.68. The number of nitrogens with one attached hydrogen (secondary N) is 2. The smallest absolute Gasteiger partial charge is 0.407 e. The van der Waals surface area contributed by atoms with Crippen LogP contribution in [0.3, 0.4) is 0 Å². The lowest BCUT2D eigenvalue weighted by molar-refractivity contribution is 0.0523. The Bertz CT molecular complexity index is 1280. The van der Waals surface area contributed by atoms with Crippen molar-refractivity contribution in [1.29, 1.82) is 0 Å². The average molecular weight is 438 g/mol. The van der Waals surface area contributed by atoms with E-state index in [4.69, 9.17) is 4.74 Å². The van der Waals surface area contributed by atoms with Crippen LogP contribution in [0, 0.1) is 18.6 Å². The molecule has 0 aliphatic rings. The predicted octanol–water partition coefficient (Wildman–Crippen LogP) is 5.63. The summed E-state index contributed by atoms with van der Waals surface area (Å²) in [6.45, 7) is 7.50. The second kappa shape index (κ2) is 8.11. The number of amides is 1. The van der Waals surface area contributed by atoms with Gasteiger partial charge in [-0.2, -0.15) is 5.10 Å². The number of nitrogens with zero attached hydrogens (tertiary/aromatic N) is 2. The standard InChI is InChI=1S/C24H24F2N4O2/c1-14-11-19(29-28-14)22-21(26)18-12-16(25)7-10-20(18)30(22)17-8-5-15(6-9-17)13-27-23(31)32-24(2,3)4/h5-12H,13H2,1-4H3,(H,27,31)(H,28,29). The van der Waals surface area contributed by atoms with Gasteiger partial charge in [-0.1, -0.05) is 12.1 Å². The number of carbonyl (C=O) groups excluding carboxylic acids is 1. The molecular weight excluding hydrogens is 414 g/mol. The lowest BCUT2D eigenvalue weighted by Gasteiger charge is -2.19. The molecule has 4 aromatic rings. The fourth-order valence-electron chi connectivity index (χ4n) is 3.51. The first-order valence-corrected chi connectivity index (χ1v) is 10.2. The van der Waals surface area contributed by atoms with E-state index >= 15 is 4.39 Å². The lowest BCUT2D eigenvalue weighted by atomic mass is 10.2. The molecule has 1 amide bonds. The summed E-state index contributed by atoms with van der Waals surface area (Å²) in [5.74, 6) is -1.05. The molecule has 0 aliphatic carbocycles. The Labute approximate surface area is 184 Å². The van der Waals surface area contributed by atoms with Crippen molar-refractivity contribution in [3.8, 4) is 17.1 Å². The number of aryl methyl sites for hydroxylation is 1. The van der Waals surface area contributed by atoms with E-state index in [1.807, 2.05) is 31.2 Å². The van der Waals surface area contributed by atoms with E-state index < -0.39 is 23.3 Å². The third-order valence-electron chi connectivity index (χ3n) is 4.85. The van der Waals surface area contributed by atoms with Gasteiger partial charge >= 0.3 is 6.09 Å². The maximum Gasteiger partial charge on any atom is 0.407 e. The molecule has 8 heteroatoms. The van der Waals surface area contributed by atoms with Crippen LogP contribution in [-0.2, 0) is 11.3 Å². The van der Waals surface area contributed by atoms with E-state index in [1.165, 1.54) is 12.1 Å². The normalized spacial score (nSPS) is 11.7. The van der Waals surface area contributed by atoms with Crippen LogP contribution in [0.5, 0.6) is 0 Å². The average Bonchev–Trinajstić information content (AvgIpc) is 3.26. The second-order valence-electron chi connectivity index (χ2n) is 8.62. The van der Waals surface area contributed by atoms with Crippen LogP contribution in [0.1, 0.15) is 32.0 Å². The van der Waals surface area contributed by atoms with Crippen LogP contribution in [-0.4, -0.2) is 26.5 Å². The third kappa shape index (κ3) is 4.34. The van der Waals surface area contributed by atoms with Crippen molar-refractivity contribution in [2.75, 3.05) is 0 Å². The molecule has 0 aliphatic heterocycles.